The van der Waals surface area contributed by atoms with Gasteiger partial charge in [-0.2, -0.15) is 0 Å². The molecule has 1 aromatic rings. The molecule has 1 aliphatic heterocycles. The van der Waals surface area contributed by atoms with Crippen LogP contribution in [0, 0.1) is 10.1 Å². The van der Waals surface area contributed by atoms with Gasteiger partial charge in [-0.1, -0.05) is 0 Å². The van der Waals surface area contributed by atoms with Crippen molar-refractivity contribution in [3.8, 4) is 0 Å². The number of ketones is 1. The number of benzene rings is 1. The number of aliphatic hydroxyl groups is 1. The summed E-state index contributed by atoms with van der Waals surface area (Å²) in [5.41, 5.74) is 0.317. The molecule has 0 aliphatic carbocycles. The fraction of sp³-hybridized carbons (Fsp3) is 0.0769. The number of carbonyl (C=O) groups is 2. The van der Waals surface area contributed by atoms with Crippen LogP contribution in [-0.4, -0.2) is 20.9 Å². The van der Waals surface area contributed by atoms with E-state index in [0.29, 0.717) is 5.56 Å². The molecule has 2 rings (SSSR count). The number of aliphatic hydroxyl groups excluding tert-OH is 1. The number of hydrogen-bond donors (Lipinski definition) is 1. The van der Waals surface area contributed by atoms with Crippen LogP contribution in [0.4, 0.5) is 5.69 Å². The lowest BCUT2D eigenvalue weighted by Gasteiger charge is -1.98. The third-order valence-corrected chi connectivity index (χ3v) is 3.55. The first-order valence-corrected chi connectivity index (χ1v) is 6.34. The summed E-state index contributed by atoms with van der Waals surface area (Å²) in [5.74, 6) is -0.835. The van der Waals surface area contributed by atoms with Crippen molar-refractivity contribution in [2.24, 2.45) is 0 Å². The molecular formula is C13H9NO5S. The molecule has 1 aliphatic rings. The zero-order chi connectivity index (χ0) is 14.9. The van der Waals surface area contributed by atoms with Crippen LogP contribution in [0.15, 0.2) is 40.5 Å². The maximum Gasteiger partial charge on any atom is 0.269 e. The summed E-state index contributed by atoms with van der Waals surface area (Å²) in [5, 5.41) is 19.9. The summed E-state index contributed by atoms with van der Waals surface area (Å²) in [6, 6.07) is 5.63. The molecule has 0 saturated carbocycles. The van der Waals surface area contributed by atoms with Crippen molar-refractivity contribution < 1.29 is 19.6 Å². The van der Waals surface area contributed by atoms with Crippen molar-refractivity contribution in [3.05, 3.63) is 56.2 Å². The summed E-state index contributed by atoms with van der Waals surface area (Å²) in [6.45, 7) is 1.21. The van der Waals surface area contributed by atoms with Gasteiger partial charge in [0, 0.05) is 12.1 Å². The minimum absolute atomic E-state index is 0.0495. The van der Waals surface area contributed by atoms with Gasteiger partial charge in [-0.25, -0.2) is 0 Å². The lowest BCUT2D eigenvalue weighted by Crippen LogP contribution is -2.03. The Labute approximate surface area is 117 Å². The van der Waals surface area contributed by atoms with E-state index in [0.717, 1.165) is 11.8 Å². The first kappa shape index (κ1) is 14.0. The highest BCUT2D eigenvalue weighted by Gasteiger charge is 2.31. The second-order valence-corrected chi connectivity index (χ2v) is 5.04. The fourth-order valence-electron chi connectivity index (χ4n) is 1.67. The number of non-ortho nitro benzene ring substituents is 1. The minimum atomic E-state index is -0.518. The first-order valence-electron chi connectivity index (χ1n) is 5.53. The summed E-state index contributed by atoms with van der Waals surface area (Å²) in [4.78, 5) is 33.1. The average Bonchev–Trinajstić information content (AvgIpc) is 2.65. The summed E-state index contributed by atoms with van der Waals surface area (Å²) >= 11 is 0.759. The van der Waals surface area contributed by atoms with Crippen LogP contribution in [0.3, 0.4) is 0 Å². The Kier molecular flexibility index (Phi) is 3.71. The molecule has 0 bridgehead atoms. The third-order valence-electron chi connectivity index (χ3n) is 2.63. The Balaban J connectivity index is 2.35. The van der Waals surface area contributed by atoms with Crippen LogP contribution in [0.5, 0.6) is 0 Å². The molecule has 0 atom stereocenters. The van der Waals surface area contributed by atoms with E-state index in [-0.39, 0.29) is 21.9 Å². The highest BCUT2D eigenvalue weighted by atomic mass is 32.2. The van der Waals surface area contributed by atoms with Crippen LogP contribution in [0.25, 0.3) is 6.08 Å². The Morgan fingerprint density at radius 1 is 1.35 bits per heavy atom. The van der Waals surface area contributed by atoms with Gasteiger partial charge >= 0.3 is 0 Å². The van der Waals surface area contributed by atoms with E-state index in [1.807, 2.05) is 0 Å². The molecular weight excluding hydrogens is 282 g/mol. The number of nitro groups is 1. The number of hydrogen-bond acceptors (Lipinski definition) is 6. The first-order chi connectivity index (χ1) is 9.40. The monoisotopic (exact) mass is 291 g/mol. The van der Waals surface area contributed by atoms with Crippen LogP contribution < -0.4 is 0 Å². The molecule has 0 fully saturated rings. The lowest BCUT2D eigenvalue weighted by molar-refractivity contribution is -0.384. The van der Waals surface area contributed by atoms with Crippen LogP contribution in [0.2, 0.25) is 0 Å². The number of rotatable bonds is 3. The topological polar surface area (TPSA) is 97.5 Å². The van der Waals surface area contributed by atoms with E-state index in [2.05, 4.69) is 0 Å². The number of Topliss-reactive ketones (excluding diaryl/α,β-unsaturated/α-hetero) is 1. The average molecular weight is 291 g/mol. The maximum absolute atomic E-state index is 11.6. The highest BCUT2D eigenvalue weighted by Crippen LogP contribution is 2.37. The second kappa shape index (κ2) is 5.30. The predicted molar refractivity (Wildman–Crippen MR) is 74.0 cm³/mol. The molecule has 0 unspecified atom stereocenters. The van der Waals surface area contributed by atoms with Crippen molar-refractivity contribution in [1.29, 1.82) is 0 Å². The Morgan fingerprint density at radius 3 is 2.40 bits per heavy atom. The van der Waals surface area contributed by atoms with Crippen molar-refractivity contribution in [1.82, 2.24) is 0 Å². The molecule has 0 aromatic heterocycles. The minimum Gasteiger partial charge on any atom is -0.506 e. The summed E-state index contributed by atoms with van der Waals surface area (Å²) < 4.78 is 0. The van der Waals surface area contributed by atoms with E-state index < -0.39 is 15.8 Å². The predicted octanol–water partition coefficient (Wildman–Crippen LogP) is 2.61. The van der Waals surface area contributed by atoms with Gasteiger partial charge in [0.25, 0.3) is 5.69 Å². The van der Waals surface area contributed by atoms with Gasteiger partial charge < -0.3 is 5.11 Å². The molecule has 0 saturated heterocycles. The quantitative estimate of drug-likeness (QED) is 0.522. The van der Waals surface area contributed by atoms with E-state index >= 15 is 0 Å². The number of thioether (sulfide) groups is 1. The largest absolute Gasteiger partial charge is 0.506 e. The molecule has 102 valence electrons. The molecule has 6 nitrogen and oxygen atoms in total. The van der Waals surface area contributed by atoms with Crippen molar-refractivity contribution >= 4 is 34.4 Å². The van der Waals surface area contributed by atoms with Gasteiger partial charge in [-0.3, -0.25) is 19.7 Å². The zero-order valence-electron chi connectivity index (χ0n) is 10.3. The van der Waals surface area contributed by atoms with Crippen LogP contribution in [-0.2, 0) is 9.59 Å². The Bertz CT molecular complexity index is 673. The maximum atomic E-state index is 11.6. The molecule has 20 heavy (non-hydrogen) atoms. The number of nitrogens with zero attached hydrogens (tertiary/aromatic N) is 1. The molecule has 1 aromatic carbocycles. The Morgan fingerprint density at radius 2 is 1.95 bits per heavy atom. The number of carbonyl (C=O) groups excluding carboxylic acids is 2. The molecule has 7 heteroatoms. The van der Waals surface area contributed by atoms with Gasteiger partial charge in [0.1, 0.15) is 11.3 Å². The van der Waals surface area contributed by atoms with Crippen molar-refractivity contribution in [2.75, 3.05) is 0 Å². The zero-order valence-corrected chi connectivity index (χ0v) is 11.1. The normalized spacial score (nSPS) is 16.9. The molecule has 0 spiro atoms. The van der Waals surface area contributed by atoms with E-state index in [1.54, 1.807) is 0 Å². The second-order valence-electron chi connectivity index (χ2n) is 4.03. The Hall–Kier alpha value is -2.41. The van der Waals surface area contributed by atoms with Crippen LogP contribution in [0.1, 0.15) is 12.5 Å². The number of nitro benzene ring substituents is 1. The summed E-state index contributed by atoms with van der Waals surface area (Å²) in [7, 11) is 0. The van der Waals surface area contributed by atoms with Crippen molar-refractivity contribution in [3.63, 3.8) is 0 Å². The smallest absolute Gasteiger partial charge is 0.269 e. The SMILES string of the molecule is CC(=O)C1=C(O)/C(=C/c2ccc([N+](=O)[O-])cc2)SC1=O. The molecule has 0 radical (unpaired) electrons. The highest BCUT2D eigenvalue weighted by molar-refractivity contribution is 8.18. The van der Waals surface area contributed by atoms with Gasteiger partial charge in [-0.05, 0) is 42.5 Å². The van der Waals surface area contributed by atoms with Gasteiger partial charge in [-0.15, -0.1) is 0 Å². The molecule has 1 N–H and O–H groups in total. The van der Waals surface area contributed by atoms with Gasteiger partial charge in [0.2, 0.25) is 5.12 Å². The van der Waals surface area contributed by atoms with Crippen molar-refractivity contribution in [2.45, 2.75) is 6.92 Å². The van der Waals surface area contributed by atoms with E-state index in [9.17, 15) is 24.8 Å². The van der Waals surface area contributed by atoms with Gasteiger partial charge in [0.15, 0.2) is 5.78 Å². The summed E-state index contributed by atoms with van der Waals surface area (Å²) in [6.07, 6.45) is 1.50. The standard InChI is InChI=1S/C13H9NO5S/c1-7(15)11-12(16)10(20-13(11)17)6-8-2-4-9(5-3-8)14(18)19/h2-6,16H,1H3/b10-6-. The van der Waals surface area contributed by atoms with Crippen LogP contribution >= 0.6 is 11.8 Å². The lowest BCUT2D eigenvalue weighted by atomic mass is 10.1. The molecule has 0 amide bonds. The van der Waals surface area contributed by atoms with Gasteiger partial charge in [0.05, 0.1) is 9.83 Å². The molecule has 1 heterocycles. The van der Waals surface area contributed by atoms with E-state index in [1.165, 1.54) is 37.3 Å². The third kappa shape index (κ3) is 2.62. The van der Waals surface area contributed by atoms with E-state index in [4.69, 9.17) is 0 Å². The fourth-order valence-corrected chi connectivity index (χ4v) is 2.61.